The summed E-state index contributed by atoms with van der Waals surface area (Å²) >= 11 is 0. The summed E-state index contributed by atoms with van der Waals surface area (Å²) in [5, 5.41) is 2.60. The van der Waals surface area contributed by atoms with Crippen LogP contribution in [0.3, 0.4) is 0 Å². The normalized spacial score (nSPS) is 11.3. The summed E-state index contributed by atoms with van der Waals surface area (Å²) in [6.07, 6.45) is -0.575. The molecule has 0 saturated carbocycles. The number of hydrogen-bond acceptors (Lipinski definition) is 3. The molecule has 0 atom stereocenters. The summed E-state index contributed by atoms with van der Waals surface area (Å²) in [5.74, 6) is -1.04. The molecule has 2 rings (SSSR count). The van der Waals surface area contributed by atoms with Crippen LogP contribution in [0.1, 0.15) is 5.56 Å². The highest BCUT2D eigenvalue weighted by Crippen LogP contribution is 2.33. The van der Waals surface area contributed by atoms with Gasteiger partial charge in [-0.25, -0.2) is 9.37 Å². The molecule has 0 spiro atoms. The highest BCUT2D eigenvalue weighted by molar-refractivity contribution is 5.56. The van der Waals surface area contributed by atoms with E-state index in [-0.39, 0.29) is 11.5 Å². The maximum absolute atomic E-state index is 13.0. The summed E-state index contributed by atoms with van der Waals surface area (Å²) < 4.78 is 50.4. The minimum atomic E-state index is -4.73. The maximum atomic E-state index is 13.0. The summed E-state index contributed by atoms with van der Waals surface area (Å²) in [6, 6.07) is 2.63. The zero-order valence-corrected chi connectivity index (χ0v) is 8.87. The fourth-order valence-electron chi connectivity index (χ4n) is 1.33. The van der Waals surface area contributed by atoms with E-state index in [1.807, 2.05) is 0 Å². The molecule has 0 amide bonds. The zero-order valence-electron chi connectivity index (χ0n) is 8.87. The first kappa shape index (κ1) is 12.3. The molecule has 0 radical (unpaired) electrons. The smallest absolute Gasteiger partial charge is 0.339 e. The molecular formula is C11H7F4N3. The van der Waals surface area contributed by atoms with Gasteiger partial charge in [0, 0.05) is 18.1 Å². The second-order valence-electron chi connectivity index (χ2n) is 3.41. The molecule has 0 aliphatic carbocycles. The topological polar surface area (TPSA) is 37.8 Å². The van der Waals surface area contributed by atoms with Crippen LogP contribution in [-0.4, -0.2) is 9.97 Å². The van der Waals surface area contributed by atoms with Crippen molar-refractivity contribution in [2.24, 2.45) is 0 Å². The van der Waals surface area contributed by atoms with Gasteiger partial charge in [0.15, 0.2) is 0 Å². The second kappa shape index (κ2) is 4.59. The Morgan fingerprint density at radius 3 is 2.50 bits per heavy atom. The summed E-state index contributed by atoms with van der Waals surface area (Å²) in [4.78, 5) is 7.59. The van der Waals surface area contributed by atoms with Crippen molar-refractivity contribution >= 4 is 11.5 Å². The summed E-state index contributed by atoms with van der Waals surface area (Å²) in [5.41, 5.74) is -1.24. The average molecular weight is 257 g/mol. The van der Waals surface area contributed by atoms with Crippen LogP contribution < -0.4 is 5.32 Å². The first-order chi connectivity index (χ1) is 8.47. The SMILES string of the molecule is Fc1ccc(Nc2cnccn2)cc1C(F)(F)F. The Morgan fingerprint density at radius 1 is 1.11 bits per heavy atom. The van der Waals surface area contributed by atoms with Crippen molar-refractivity contribution in [2.45, 2.75) is 6.18 Å². The Labute approximate surface area is 99.5 Å². The monoisotopic (exact) mass is 257 g/mol. The van der Waals surface area contributed by atoms with Crippen LogP contribution in [-0.2, 0) is 6.18 Å². The van der Waals surface area contributed by atoms with E-state index in [0.717, 1.165) is 6.07 Å². The fourth-order valence-corrected chi connectivity index (χ4v) is 1.33. The van der Waals surface area contributed by atoms with Gasteiger partial charge in [-0.05, 0) is 18.2 Å². The molecule has 94 valence electrons. The van der Waals surface area contributed by atoms with E-state index in [4.69, 9.17) is 0 Å². The van der Waals surface area contributed by atoms with E-state index in [1.165, 1.54) is 24.7 Å². The number of hydrogen-bond donors (Lipinski definition) is 1. The van der Waals surface area contributed by atoms with Crippen LogP contribution >= 0.6 is 0 Å². The van der Waals surface area contributed by atoms with Crippen molar-refractivity contribution in [3.8, 4) is 0 Å². The molecule has 18 heavy (non-hydrogen) atoms. The Hall–Kier alpha value is -2.18. The Balaban J connectivity index is 2.31. The number of anilines is 2. The van der Waals surface area contributed by atoms with Gasteiger partial charge < -0.3 is 5.32 Å². The third-order valence-electron chi connectivity index (χ3n) is 2.11. The molecule has 0 saturated heterocycles. The predicted octanol–water partition coefficient (Wildman–Crippen LogP) is 3.38. The molecule has 0 aliphatic heterocycles. The number of benzene rings is 1. The number of alkyl halides is 3. The van der Waals surface area contributed by atoms with E-state index in [0.29, 0.717) is 6.07 Å². The molecule has 7 heteroatoms. The van der Waals surface area contributed by atoms with Crippen molar-refractivity contribution in [3.05, 3.63) is 48.2 Å². The Kier molecular flexibility index (Phi) is 3.14. The van der Waals surface area contributed by atoms with Gasteiger partial charge >= 0.3 is 6.18 Å². The minimum absolute atomic E-state index is 0.0872. The first-order valence-electron chi connectivity index (χ1n) is 4.86. The van der Waals surface area contributed by atoms with Crippen LogP contribution in [0.25, 0.3) is 0 Å². The molecule has 0 unspecified atom stereocenters. The number of halogens is 4. The summed E-state index contributed by atoms with van der Waals surface area (Å²) in [7, 11) is 0. The van der Waals surface area contributed by atoms with E-state index in [1.54, 1.807) is 0 Å². The van der Waals surface area contributed by atoms with Gasteiger partial charge in [0.05, 0.1) is 11.8 Å². The Morgan fingerprint density at radius 2 is 1.89 bits per heavy atom. The standard InChI is InChI=1S/C11H7F4N3/c12-9-2-1-7(5-8(9)11(13,14)15)18-10-6-16-3-4-17-10/h1-6H,(H,17,18). The van der Waals surface area contributed by atoms with Gasteiger partial charge in [0.2, 0.25) is 0 Å². The fraction of sp³-hybridized carbons (Fsp3) is 0.0909. The third-order valence-corrected chi connectivity index (χ3v) is 2.11. The third kappa shape index (κ3) is 2.73. The lowest BCUT2D eigenvalue weighted by Gasteiger charge is -2.10. The molecular weight excluding hydrogens is 250 g/mol. The molecule has 1 N–H and O–H groups in total. The van der Waals surface area contributed by atoms with E-state index >= 15 is 0 Å². The zero-order chi connectivity index (χ0) is 13.2. The number of nitrogens with zero attached hydrogens (tertiary/aromatic N) is 2. The van der Waals surface area contributed by atoms with E-state index < -0.39 is 17.6 Å². The van der Waals surface area contributed by atoms with Crippen LogP contribution in [0, 0.1) is 5.82 Å². The van der Waals surface area contributed by atoms with Gasteiger partial charge in [-0.15, -0.1) is 0 Å². The van der Waals surface area contributed by atoms with Crippen molar-refractivity contribution < 1.29 is 17.6 Å². The summed E-state index contributed by atoms with van der Waals surface area (Å²) in [6.45, 7) is 0. The molecule has 0 bridgehead atoms. The lowest BCUT2D eigenvalue weighted by atomic mass is 10.2. The Bertz CT molecular complexity index is 540. The molecule has 2 aromatic rings. The molecule has 1 aromatic carbocycles. The molecule has 3 nitrogen and oxygen atoms in total. The quantitative estimate of drug-likeness (QED) is 0.838. The van der Waals surface area contributed by atoms with Gasteiger partial charge in [0.25, 0.3) is 0 Å². The van der Waals surface area contributed by atoms with Crippen molar-refractivity contribution in [3.63, 3.8) is 0 Å². The average Bonchev–Trinajstić information content (AvgIpc) is 2.31. The van der Waals surface area contributed by atoms with Gasteiger partial charge in [0.1, 0.15) is 11.6 Å². The van der Waals surface area contributed by atoms with Crippen molar-refractivity contribution in [1.29, 1.82) is 0 Å². The van der Waals surface area contributed by atoms with Gasteiger partial charge in [-0.3, -0.25) is 4.98 Å². The second-order valence-corrected chi connectivity index (χ2v) is 3.41. The first-order valence-corrected chi connectivity index (χ1v) is 4.86. The lowest BCUT2D eigenvalue weighted by molar-refractivity contribution is -0.139. The van der Waals surface area contributed by atoms with Crippen molar-refractivity contribution in [2.75, 3.05) is 5.32 Å². The number of nitrogens with one attached hydrogen (secondary N) is 1. The minimum Gasteiger partial charge on any atom is -0.339 e. The van der Waals surface area contributed by atoms with Crippen molar-refractivity contribution in [1.82, 2.24) is 9.97 Å². The van der Waals surface area contributed by atoms with E-state index in [9.17, 15) is 17.6 Å². The molecule has 0 fully saturated rings. The number of rotatable bonds is 2. The largest absolute Gasteiger partial charge is 0.419 e. The van der Waals surface area contributed by atoms with Gasteiger partial charge in [-0.1, -0.05) is 0 Å². The van der Waals surface area contributed by atoms with Crippen LogP contribution in [0.4, 0.5) is 29.1 Å². The predicted molar refractivity (Wildman–Crippen MR) is 56.7 cm³/mol. The van der Waals surface area contributed by atoms with Crippen LogP contribution in [0.2, 0.25) is 0 Å². The van der Waals surface area contributed by atoms with E-state index in [2.05, 4.69) is 15.3 Å². The highest BCUT2D eigenvalue weighted by Gasteiger charge is 2.34. The number of aromatic nitrogens is 2. The van der Waals surface area contributed by atoms with Crippen LogP contribution in [0.5, 0.6) is 0 Å². The van der Waals surface area contributed by atoms with Gasteiger partial charge in [-0.2, -0.15) is 13.2 Å². The highest BCUT2D eigenvalue weighted by atomic mass is 19.4. The maximum Gasteiger partial charge on any atom is 0.419 e. The molecule has 1 aromatic heterocycles. The molecule has 1 heterocycles. The lowest BCUT2D eigenvalue weighted by Crippen LogP contribution is -2.08. The van der Waals surface area contributed by atoms with Crippen LogP contribution in [0.15, 0.2) is 36.8 Å². The molecule has 0 aliphatic rings.